The molecule has 1 heterocycles. The maximum absolute atomic E-state index is 14.1. The van der Waals surface area contributed by atoms with Crippen molar-refractivity contribution in [2.45, 2.75) is 51.6 Å². The third-order valence-corrected chi connectivity index (χ3v) is 6.75. The first kappa shape index (κ1) is 23.7. The van der Waals surface area contributed by atoms with Crippen LogP contribution in [0.3, 0.4) is 0 Å². The Labute approximate surface area is 201 Å². The highest BCUT2D eigenvalue weighted by molar-refractivity contribution is 6.10. The van der Waals surface area contributed by atoms with E-state index < -0.39 is 5.54 Å². The van der Waals surface area contributed by atoms with Crippen LogP contribution in [0.15, 0.2) is 90.0 Å². The predicted octanol–water partition coefficient (Wildman–Crippen LogP) is 6.49. The van der Waals surface area contributed by atoms with E-state index in [0.717, 1.165) is 41.8 Å². The van der Waals surface area contributed by atoms with E-state index in [4.69, 9.17) is 5.10 Å². The Bertz CT molecular complexity index is 1130. The molecule has 0 aliphatic carbocycles. The Morgan fingerprint density at radius 2 is 1.65 bits per heavy atom. The number of nitrogens with zero attached hydrogens (tertiary/aromatic N) is 2. The molecule has 3 aromatic rings. The number of hydrogen-bond donors (Lipinski definition) is 1. The van der Waals surface area contributed by atoms with E-state index in [1.807, 2.05) is 79.5 Å². The average Bonchev–Trinajstić information content (AvgIpc) is 3.17. The molecular weight excluding hydrogens is 425 g/mol. The van der Waals surface area contributed by atoms with Gasteiger partial charge in [-0.2, -0.15) is 5.10 Å². The summed E-state index contributed by atoms with van der Waals surface area (Å²) < 4.78 is 13.7. The van der Waals surface area contributed by atoms with Crippen LogP contribution in [-0.2, 0) is 4.79 Å². The zero-order valence-corrected chi connectivity index (χ0v) is 20.0. The summed E-state index contributed by atoms with van der Waals surface area (Å²) in [6.45, 7) is 6.13. The molecule has 4 rings (SSSR count). The van der Waals surface area contributed by atoms with Gasteiger partial charge in [0, 0.05) is 5.92 Å². The zero-order chi connectivity index (χ0) is 24.1. The Morgan fingerprint density at radius 3 is 2.26 bits per heavy atom. The minimum absolute atomic E-state index is 0.0744. The van der Waals surface area contributed by atoms with E-state index in [0.29, 0.717) is 0 Å². The topological polar surface area (TPSA) is 44.7 Å². The molecule has 5 heteroatoms. The van der Waals surface area contributed by atoms with Crippen molar-refractivity contribution in [2.75, 3.05) is 5.01 Å². The molecule has 34 heavy (non-hydrogen) atoms. The van der Waals surface area contributed by atoms with E-state index in [-0.39, 0.29) is 23.7 Å². The molecule has 2 unspecified atom stereocenters. The van der Waals surface area contributed by atoms with Gasteiger partial charge in [-0.25, -0.2) is 9.40 Å². The number of nitrogens with one attached hydrogen (secondary N) is 1. The van der Waals surface area contributed by atoms with Gasteiger partial charge in [0.1, 0.15) is 11.4 Å². The van der Waals surface area contributed by atoms with E-state index >= 15 is 0 Å². The van der Waals surface area contributed by atoms with Gasteiger partial charge in [-0.3, -0.25) is 4.79 Å². The van der Waals surface area contributed by atoms with Crippen molar-refractivity contribution >= 4 is 17.3 Å². The molecule has 1 aliphatic heterocycles. The average molecular weight is 458 g/mol. The summed E-state index contributed by atoms with van der Waals surface area (Å²) in [6.07, 6.45) is 2.78. The van der Waals surface area contributed by atoms with Crippen molar-refractivity contribution < 1.29 is 9.18 Å². The van der Waals surface area contributed by atoms with Crippen LogP contribution in [0.25, 0.3) is 0 Å². The first-order valence-corrected chi connectivity index (χ1v) is 12.0. The standard InChI is InChI=1S/C29H32FN3O/c1-4-5-16-26-27(23-17-19-24(30)20-18-23)32-33(25-14-10-7-11-15-25)29(26,3)28(34)31-21(2)22-12-8-6-9-13-22/h6-15,17-21,26H,4-5,16H2,1-3H3,(H,31,34)/t21-,26?,29?/m0/s1. The number of anilines is 1. The van der Waals surface area contributed by atoms with Gasteiger partial charge >= 0.3 is 0 Å². The fourth-order valence-electron chi connectivity index (χ4n) is 4.72. The molecular formula is C29H32FN3O. The van der Waals surface area contributed by atoms with Crippen LogP contribution in [0.2, 0.25) is 0 Å². The Morgan fingerprint density at radius 1 is 1.03 bits per heavy atom. The summed E-state index contributed by atoms with van der Waals surface area (Å²) in [7, 11) is 0. The van der Waals surface area contributed by atoms with Crippen molar-refractivity contribution in [2.24, 2.45) is 11.0 Å². The minimum atomic E-state index is -0.941. The van der Waals surface area contributed by atoms with Gasteiger partial charge < -0.3 is 5.32 Å². The highest BCUT2D eigenvalue weighted by Crippen LogP contribution is 2.42. The van der Waals surface area contributed by atoms with Crippen molar-refractivity contribution in [1.82, 2.24) is 5.32 Å². The summed E-state index contributed by atoms with van der Waals surface area (Å²) in [4.78, 5) is 14.1. The lowest BCUT2D eigenvalue weighted by Crippen LogP contribution is -2.58. The minimum Gasteiger partial charge on any atom is -0.347 e. The molecule has 0 fully saturated rings. The van der Waals surface area contributed by atoms with Gasteiger partial charge in [-0.05, 0) is 55.7 Å². The molecule has 4 nitrogen and oxygen atoms in total. The third kappa shape index (κ3) is 4.60. The Kier molecular flexibility index (Phi) is 7.11. The summed E-state index contributed by atoms with van der Waals surface area (Å²) in [5, 5.41) is 10.1. The zero-order valence-electron chi connectivity index (χ0n) is 20.0. The normalized spacial score (nSPS) is 20.6. The van der Waals surface area contributed by atoms with Gasteiger partial charge in [0.05, 0.1) is 17.4 Å². The van der Waals surface area contributed by atoms with E-state index in [2.05, 4.69) is 12.2 Å². The van der Waals surface area contributed by atoms with Crippen LogP contribution >= 0.6 is 0 Å². The first-order chi connectivity index (χ1) is 16.4. The van der Waals surface area contributed by atoms with Crippen LogP contribution in [-0.4, -0.2) is 17.2 Å². The summed E-state index contributed by atoms with van der Waals surface area (Å²) in [5.41, 5.74) is 2.63. The third-order valence-electron chi connectivity index (χ3n) is 6.75. The number of carbonyl (C=O) groups excluding carboxylic acids is 1. The Hall–Kier alpha value is -3.47. The highest BCUT2D eigenvalue weighted by atomic mass is 19.1. The first-order valence-electron chi connectivity index (χ1n) is 12.0. The molecule has 1 amide bonds. The number of amides is 1. The van der Waals surface area contributed by atoms with Gasteiger partial charge in [0.15, 0.2) is 0 Å². The van der Waals surface area contributed by atoms with Gasteiger partial charge in [0.2, 0.25) is 5.91 Å². The molecule has 3 atom stereocenters. The van der Waals surface area contributed by atoms with E-state index in [9.17, 15) is 9.18 Å². The van der Waals surface area contributed by atoms with Crippen molar-refractivity contribution in [3.8, 4) is 0 Å². The fourth-order valence-corrected chi connectivity index (χ4v) is 4.72. The Balaban J connectivity index is 1.77. The summed E-state index contributed by atoms with van der Waals surface area (Å²) >= 11 is 0. The number of hydrogen-bond acceptors (Lipinski definition) is 3. The predicted molar refractivity (Wildman–Crippen MR) is 136 cm³/mol. The second-order valence-electron chi connectivity index (χ2n) is 9.09. The molecule has 0 bridgehead atoms. The maximum Gasteiger partial charge on any atom is 0.248 e. The van der Waals surface area contributed by atoms with Crippen molar-refractivity contribution in [3.05, 3.63) is 102 Å². The fraction of sp³-hybridized carbons (Fsp3) is 0.310. The van der Waals surface area contributed by atoms with Crippen LogP contribution in [0.4, 0.5) is 10.1 Å². The largest absolute Gasteiger partial charge is 0.347 e. The number of carbonyl (C=O) groups is 1. The number of rotatable bonds is 8. The molecule has 0 saturated heterocycles. The molecule has 0 aromatic heterocycles. The number of halogens is 1. The van der Waals surface area contributed by atoms with Crippen LogP contribution in [0.1, 0.15) is 57.2 Å². The summed E-state index contributed by atoms with van der Waals surface area (Å²) in [5.74, 6) is -0.514. The second-order valence-corrected chi connectivity index (χ2v) is 9.09. The highest BCUT2D eigenvalue weighted by Gasteiger charge is 2.53. The molecule has 0 radical (unpaired) electrons. The number of para-hydroxylation sites is 1. The van der Waals surface area contributed by atoms with Gasteiger partial charge in [-0.1, -0.05) is 80.4 Å². The monoisotopic (exact) mass is 457 g/mol. The van der Waals surface area contributed by atoms with Crippen molar-refractivity contribution in [1.29, 1.82) is 0 Å². The lowest BCUT2D eigenvalue weighted by Gasteiger charge is -2.38. The molecule has 0 saturated carbocycles. The molecule has 1 aliphatic rings. The second kappa shape index (κ2) is 10.2. The smallest absolute Gasteiger partial charge is 0.248 e. The van der Waals surface area contributed by atoms with Crippen LogP contribution < -0.4 is 10.3 Å². The molecule has 3 aromatic carbocycles. The van der Waals surface area contributed by atoms with Crippen LogP contribution in [0.5, 0.6) is 0 Å². The van der Waals surface area contributed by atoms with E-state index in [1.54, 1.807) is 12.1 Å². The maximum atomic E-state index is 14.1. The van der Waals surface area contributed by atoms with Gasteiger partial charge in [-0.15, -0.1) is 0 Å². The molecule has 0 spiro atoms. The number of benzene rings is 3. The lowest BCUT2D eigenvalue weighted by molar-refractivity contribution is -0.127. The summed E-state index contributed by atoms with van der Waals surface area (Å²) in [6, 6.07) is 26.0. The number of hydrazone groups is 1. The SMILES string of the molecule is CCCCC1C(c2ccc(F)cc2)=NN(c2ccccc2)C1(C)C(=O)N[C@@H](C)c1ccccc1. The van der Waals surface area contributed by atoms with E-state index in [1.165, 1.54) is 12.1 Å². The molecule has 176 valence electrons. The quantitative estimate of drug-likeness (QED) is 0.420. The lowest BCUT2D eigenvalue weighted by atomic mass is 9.76. The number of unbranched alkanes of at least 4 members (excludes halogenated alkanes) is 1. The van der Waals surface area contributed by atoms with Crippen molar-refractivity contribution in [3.63, 3.8) is 0 Å². The molecule has 1 N–H and O–H groups in total. The van der Waals surface area contributed by atoms with Gasteiger partial charge in [0.25, 0.3) is 0 Å². The van der Waals surface area contributed by atoms with Crippen LogP contribution in [0, 0.1) is 11.7 Å².